The molecule has 0 amide bonds. The third kappa shape index (κ3) is 3.42. The maximum absolute atomic E-state index is 11.4. The fourth-order valence-electron chi connectivity index (χ4n) is 1.65. The van der Waals surface area contributed by atoms with Crippen LogP contribution in [0.15, 0.2) is 12.1 Å². The average molecular weight is 283 g/mol. The summed E-state index contributed by atoms with van der Waals surface area (Å²) >= 11 is 5.66. The molecule has 7 heteroatoms. The molecule has 0 spiro atoms. The van der Waals surface area contributed by atoms with E-state index in [1.165, 1.54) is 12.1 Å². The highest BCUT2D eigenvalue weighted by atomic mass is 35.5. The van der Waals surface area contributed by atoms with Crippen LogP contribution in [0.3, 0.4) is 0 Å². The van der Waals surface area contributed by atoms with Gasteiger partial charge in [0.15, 0.2) is 0 Å². The van der Waals surface area contributed by atoms with Crippen molar-refractivity contribution in [1.29, 1.82) is 5.26 Å². The number of ether oxygens (including phenoxy) is 1. The smallest absolute Gasteiger partial charge is 0.310 e. The van der Waals surface area contributed by atoms with Gasteiger partial charge < -0.3 is 4.74 Å². The largest absolute Gasteiger partial charge is 0.466 e. The van der Waals surface area contributed by atoms with Gasteiger partial charge in [-0.05, 0) is 12.5 Å². The molecule has 0 bridgehead atoms. The Labute approximate surface area is 114 Å². The minimum Gasteiger partial charge on any atom is -0.466 e. The molecular weight excluding hydrogens is 272 g/mol. The lowest BCUT2D eigenvalue weighted by Crippen LogP contribution is -2.10. The molecular formula is C12H11ClN2O4. The summed E-state index contributed by atoms with van der Waals surface area (Å²) in [5.74, 6) is -0.663. The van der Waals surface area contributed by atoms with Crippen LogP contribution in [0.5, 0.6) is 0 Å². The van der Waals surface area contributed by atoms with E-state index in [9.17, 15) is 14.9 Å². The van der Waals surface area contributed by atoms with E-state index in [4.69, 9.17) is 21.6 Å². The minimum absolute atomic E-state index is 0.0669. The van der Waals surface area contributed by atoms with Gasteiger partial charge in [0.1, 0.15) is 6.07 Å². The SMILES string of the molecule is CCOC(=O)Cc1ccc([N+](=O)[O-])c(CCl)c1C#N. The minimum atomic E-state index is -0.604. The third-order valence-electron chi connectivity index (χ3n) is 2.46. The van der Waals surface area contributed by atoms with Crippen molar-refractivity contribution in [3.8, 4) is 6.07 Å². The lowest BCUT2D eigenvalue weighted by molar-refractivity contribution is -0.385. The fourth-order valence-corrected chi connectivity index (χ4v) is 1.92. The molecule has 0 aromatic heterocycles. The van der Waals surface area contributed by atoms with Crippen LogP contribution < -0.4 is 0 Å². The second kappa shape index (κ2) is 6.71. The van der Waals surface area contributed by atoms with Crippen molar-refractivity contribution < 1.29 is 14.5 Å². The van der Waals surface area contributed by atoms with Crippen LogP contribution in [0, 0.1) is 21.4 Å². The van der Waals surface area contributed by atoms with Crippen molar-refractivity contribution in [1.82, 2.24) is 0 Å². The molecule has 0 radical (unpaired) electrons. The van der Waals surface area contributed by atoms with E-state index in [0.29, 0.717) is 5.56 Å². The summed E-state index contributed by atoms with van der Waals surface area (Å²) in [4.78, 5) is 21.6. The molecule has 0 saturated heterocycles. The molecule has 1 aromatic rings. The molecule has 6 nitrogen and oxygen atoms in total. The molecule has 1 aromatic carbocycles. The van der Waals surface area contributed by atoms with Gasteiger partial charge in [-0.2, -0.15) is 5.26 Å². The second-order valence-electron chi connectivity index (χ2n) is 3.58. The predicted molar refractivity (Wildman–Crippen MR) is 67.7 cm³/mol. The van der Waals surface area contributed by atoms with Crippen LogP contribution in [-0.2, 0) is 21.8 Å². The van der Waals surface area contributed by atoms with E-state index >= 15 is 0 Å². The summed E-state index contributed by atoms with van der Waals surface area (Å²) in [5, 5.41) is 19.9. The molecule has 1 rings (SSSR count). The molecule has 0 saturated carbocycles. The van der Waals surface area contributed by atoms with Gasteiger partial charge in [-0.15, -0.1) is 11.6 Å². The molecule has 19 heavy (non-hydrogen) atoms. The molecule has 0 N–H and O–H groups in total. The first kappa shape index (κ1) is 14.9. The first-order valence-electron chi connectivity index (χ1n) is 5.45. The summed E-state index contributed by atoms with van der Waals surface area (Å²) in [6.45, 7) is 1.90. The van der Waals surface area contributed by atoms with E-state index in [1.54, 1.807) is 6.92 Å². The van der Waals surface area contributed by atoms with Crippen LogP contribution in [0.2, 0.25) is 0 Å². The standard InChI is InChI=1S/C12H11ClN2O4/c1-2-19-12(16)5-8-3-4-11(15(17)18)9(6-13)10(8)7-14/h3-4H,2,5-6H2,1H3. The zero-order valence-corrected chi connectivity index (χ0v) is 10.9. The quantitative estimate of drug-likeness (QED) is 0.357. The molecule has 0 aliphatic carbocycles. The summed E-state index contributed by atoms with van der Waals surface area (Å²) in [6.07, 6.45) is -0.112. The van der Waals surface area contributed by atoms with Gasteiger partial charge in [-0.25, -0.2) is 0 Å². The topological polar surface area (TPSA) is 93.2 Å². The molecule has 0 aliphatic heterocycles. The van der Waals surface area contributed by atoms with Crippen molar-refractivity contribution in [3.05, 3.63) is 38.9 Å². The molecule has 0 atom stereocenters. The Kier molecular flexibility index (Phi) is 5.27. The number of carbonyl (C=O) groups excluding carboxylic acids is 1. The zero-order chi connectivity index (χ0) is 14.4. The van der Waals surface area contributed by atoms with Crippen molar-refractivity contribution in [2.75, 3.05) is 6.61 Å². The maximum atomic E-state index is 11.4. The van der Waals surface area contributed by atoms with Crippen molar-refractivity contribution in [2.24, 2.45) is 0 Å². The summed E-state index contributed by atoms with van der Waals surface area (Å²) in [6, 6.07) is 4.48. The number of nitro groups is 1. The highest BCUT2D eigenvalue weighted by Gasteiger charge is 2.21. The Hall–Kier alpha value is -2.13. The highest BCUT2D eigenvalue weighted by Crippen LogP contribution is 2.27. The van der Waals surface area contributed by atoms with Crippen LogP contribution in [0.25, 0.3) is 0 Å². The molecule has 100 valence electrons. The first-order chi connectivity index (χ1) is 9.04. The molecule has 0 fully saturated rings. The molecule has 0 heterocycles. The van der Waals surface area contributed by atoms with Crippen LogP contribution >= 0.6 is 11.6 Å². The normalized spacial score (nSPS) is 9.74. The first-order valence-corrected chi connectivity index (χ1v) is 5.99. The van der Waals surface area contributed by atoms with Crippen molar-refractivity contribution >= 4 is 23.3 Å². The van der Waals surface area contributed by atoms with E-state index < -0.39 is 10.9 Å². The number of carbonyl (C=O) groups is 1. The number of benzene rings is 1. The van der Waals surface area contributed by atoms with E-state index in [0.717, 1.165) is 0 Å². The van der Waals surface area contributed by atoms with Gasteiger partial charge in [0, 0.05) is 6.07 Å². The number of hydrogen-bond donors (Lipinski definition) is 0. The number of alkyl halides is 1. The maximum Gasteiger partial charge on any atom is 0.310 e. The number of esters is 1. The lowest BCUT2D eigenvalue weighted by atomic mass is 9.99. The molecule has 0 aliphatic rings. The van der Waals surface area contributed by atoms with Gasteiger partial charge in [0.05, 0.1) is 35.0 Å². The number of rotatable bonds is 5. The van der Waals surface area contributed by atoms with Crippen molar-refractivity contribution in [2.45, 2.75) is 19.2 Å². The summed E-state index contributed by atoms with van der Waals surface area (Å²) in [7, 11) is 0. The average Bonchev–Trinajstić information content (AvgIpc) is 2.37. The van der Waals surface area contributed by atoms with Gasteiger partial charge in [0.2, 0.25) is 0 Å². The monoisotopic (exact) mass is 282 g/mol. The Morgan fingerprint density at radius 1 is 1.58 bits per heavy atom. The van der Waals surface area contributed by atoms with Gasteiger partial charge >= 0.3 is 5.97 Å². The summed E-state index contributed by atoms with van der Waals surface area (Å²) in [5.41, 5.74) is 0.342. The van der Waals surface area contributed by atoms with Crippen LogP contribution in [0.1, 0.15) is 23.6 Å². The third-order valence-corrected chi connectivity index (χ3v) is 2.72. The van der Waals surface area contributed by atoms with Crippen LogP contribution in [-0.4, -0.2) is 17.5 Å². The Bertz CT molecular complexity index is 551. The Morgan fingerprint density at radius 3 is 2.74 bits per heavy atom. The lowest BCUT2D eigenvalue weighted by Gasteiger charge is -2.08. The number of hydrogen-bond acceptors (Lipinski definition) is 5. The van der Waals surface area contributed by atoms with E-state index in [1.807, 2.05) is 6.07 Å². The van der Waals surface area contributed by atoms with E-state index in [2.05, 4.69) is 0 Å². The number of nitro benzene ring substituents is 1. The van der Waals surface area contributed by atoms with Crippen molar-refractivity contribution in [3.63, 3.8) is 0 Å². The number of nitrogens with zero attached hydrogens (tertiary/aromatic N) is 2. The predicted octanol–water partition coefficient (Wildman–Crippen LogP) is 2.31. The summed E-state index contributed by atoms with van der Waals surface area (Å²) < 4.78 is 4.78. The number of nitriles is 1. The Balaban J connectivity index is 3.25. The highest BCUT2D eigenvalue weighted by molar-refractivity contribution is 6.17. The van der Waals surface area contributed by atoms with Gasteiger partial charge in [-0.1, -0.05) is 6.07 Å². The molecule has 0 unspecified atom stereocenters. The second-order valence-corrected chi connectivity index (χ2v) is 3.85. The van der Waals surface area contributed by atoms with E-state index in [-0.39, 0.29) is 35.7 Å². The van der Waals surface area contributed by atoms with Gasteiger partial charge in [-0.3, -0.25) is 14.9 Å². The van der Waals surface area contributed by atoms with Gasteiger partial charge in [0.25, 0.3) is 5.69 Å². The fraction of sp³-hybridized carbons (Fsp3) is 0.333. The Morgan fingerprint density at radius 2 is 2.26 bits per heavy atom. The van der Waals surface area contributed by atoms with Crippen LogP contribution in [0.4, 0.5) is 5.69 Å². The number of halogens is 1. The zero-order valence-electron chi connectivity index (χ0n) is 10.2.